The van der Waals surface area contributed by atoms with Crippen molar-refractivity contribution in [1.82, 2.24) is 5.32 Å². The largest absolute Gasteiger partial charge is 0.383 e. The molecule has 19 heavy (non-hydrogen) atoms. The first kappa shape index (κ1) is 15.7. The number of nitrogens with one attached hydrogen (secondary N) is 2. The summed E-state index contributed by atoms with van der Waals surface area (Å²) in [7, 11) is 1.71. The number of hydrogen-bond donors (Lipinski definition) is 2. The van der Waals surface area contributed by atoms with E-state index >= 15 is 0 Å². The van der Waals surface area contributed by atoms with E-state index in [1.54, 1.807) is 7.11 Å². The van der Waals surface area contributed by atoms with E-state index < -0.39 is 0 Å². The van der Waals surface area contributed by atoms with Gasteiger partial charge in [-0.3, -0.25) is 4.79 Å². The maximum Gasteiger partial charge on any atom is 0.221 e. The molecule has 0 saturated carbocycles. The standard InChI is InChI=1S/C15H24N2O2/c1-5-14(10-19-4)16-11(2)13-7-6-8-15(9-13)17-12(3)18/h6-9,11,14,16H,5,10H2,1-4H3,(H,17,18). The van der Waals surface area contributed by atoms with Gasteiger partial charge in [0, 0.05) is 31.8 Å². The van der Waals surface area contributed by atoms with Gasteiger partial charge in [0.2, 0.25) is 5.91 Å². The molecular weight excluding hydrogens is 240 g/mol. The van der Waals surface area contributed by atoms with E-state index in [1.165, 1.54) is 6.92 Å². The van der Waals surface area contributed by atoms with Crippen molar-refractivity contribution in [2.24, 2.45) is 0 Å². The van der Waals surface area contributed by atoms with E-state index in [2.05, 4.69) is 30.5 Å². The van der Waals surface area contributed by atoms with Crippen LogP contribution in [0.3, 0.4) is 0 Å². The lowest BCUT2D eigenvalue weighted by Crippen LogP contribution is -2.34. The second-order valence-electron chi connectivity index (χ2n) is 4.76. The molecule has 1 aromatic carbocycles. The summed E-state index contributed by atoms with van der Waals surface area (Å²) in [6.45, 7) is 6.47. The van der Waals surface area contributed by atoms with Gasteiger partial charge in [-0.2, -0.15) is 0 Å². The van der Waals surface area contributed by atoms with Gasteiger partial charge in [0.25, 0.3) is 0 Å². The topological polar surface area (TPSA) is 50.4 Å². The number of carbonyl (C=O) groups is 1. The van der Waals surface area contributed by atoms with Gasteiger partial charge in [-0.1, -0.05) is 19.1 Å². The second-order valence-corrected chi connectivity index (χ2v) is 4.76. The summed E-state index contributed by atoms with van der Waals surface area (Å²) < 4.78 is 5.19. The summed E-state index contributed by atoms with van der Waals surface area (Å²) in [5.74, 6) is -0.0522. The first-order chi connectivity index (χ1) is 9.06. The molecular formula is C15H24N2O2. The Hall–Kier alpha value is -1.39. The highest BCUT2D eigenvalue weighted by atomic mass is 16.5. The minimum absolute atomic E-state index is 0.0522. The Morgan fingerprint density at radius 1 is 1.42 bits per heavy atom. The van der Waals surface area contributed by atoms with Gasteiger partial charge >= 0.3 is 0 Å². The number of benzene rings is 1. The lowest BCUT2D eigenvalue weighted by Gasteiger charge is -2.22. The first-order valence-electron chi connectivity index (χ1n) is 6.69. The van der Waals surface area contributed by atoms with Crippen LogP contribution >= 0.6 is 0 Å². The fraction of sp³-hybridized carbons (Fsp3) is 0.533. The molecule has 2 N–H and O–H groups in total. The molecule has 1 rings (SSSR count). The van der Waals surface area contributed by atoms with E-state index in [0.29, 0.717) is 12.6 Å². The van der Waals surface area contributed by atoms with Crippen LogP contribution in [0.5, 0.6) is 0 Å². The molecule has 4 heteroatoms. The Morgan fingerprint density at radius 2 is 2.16 bits per heavy atom. The minimum Gasteiger partial charge on any atom is -0.383 e. The number of amides is 1. The quantitative estimate of drug-likeness (QED) is 0.796. The van der Waals surface area contributed by atoms with Crippen LogP contribution in [-0.2, 0) is 9.53 Å². The van der Waals surface area contributed by atoms with E-state index in [0.717, 1.165) is 17.7 Å². The fourth-order valence-corrected chi connectivity index (χ4v) is 2.02. The van der Waals surface area contributed by atoms with Gasteiger partial charge in [0.15, 0.2) is 0 Å². The van der Waals surface area contributed by atoms with Crippen molar-refractivity contribution in [2.45, 2.75) is 39.3 Å². The molecule has 1 amide bonds. The lowest BCUT2D eigenvalue weighted by molar-refractivity contribution is -0.114. The van der Waals surface area contributed by atoms with Gasteiger partial charge in [0.1, 0.15) is 0 Å². The number of rotatable bonds is 7. The molecule has 4 nitrogen and oxygen atoms in total. The highest BCUT2D eigenvalue weighted by molar-refractivity contribution is 5.88. The van der Waals surface area contributed by atoms with Gasteiger partial charge in [-0.15, -0.1) is 0 Å². The smallest absolute Gasteiger partial charge is 0.221 e. The third-order valence-electron chi connectivity index (χ3n) is 3.05. The maximum atomic E-state index is 11.1. The fourth-order valence-electron chi connectivity index (χ4n) is 2.02. The number of anilines is 1. The Labute approximate surface area is 115 Å². The maximum absolute atomic E-state index is 11.1. The molecule has 0 aliphatic heterocycles. The second kappa shape index (κ2) is 7.92. The van der Waals surface area contributed by atoms with E-state index in [-0.39, 0.29) is 11.9 Å². The zero-order chi connectivity index (χ0) is 14.3. The normalized spacial score (nSPS) is 13.9. The molecule has 0 heterocycles. The van der Waals surface area contributed by atoms with Crippen LogP contribution in [0.4, 0.5) is 5.69 Å². The molecule has 106 valence electrons. The zero-order valence-corrected chi connectivity index (χ0v) is 12.2. The van der Waals surface area contributed by atoms with E-state index in [1.807, 2.05) is 18.2 Å². The average Bonchev–Trinajstić information content (AvgIpc) is 2.37. The van der Waals surface area contributed by atoms with Crippen molar-refractivity contribution < 1.29 is 9.53 Å². The van der Waals surface area contributed by atoms with Crippen molar-refractivity contribution in [2.75, 3.05) is 19.0 Å². The molecule has 0 aliphatic rings. The Morgan fingerprint density at radius 3 is 2.74 bits per heavy atom. The van der Waals surface area contributed by atoms with Crippen molar-refractivity contribution in [1.29, 1.82) is 0 Å². The van der Waals surface area contributed by atoms with Crippen molar-refractivity contribution in [3.05, 3.63) is 29.8 Å². The number of carbonyl (C=O) groups excluding carboxylic acids is 1. The van der Waals surface area contributed by atoms with Gasteiger partial charge in [-0.25, -0.2) is 0 Å². The molecule has 0 spiro atoms. The Kier molecular flexibility index (Phi) is 6.53. The zero-order valence-electron chi connectivity index (χ0n) is 12.2. The molecule has 0 saturated heterocycles. The van der Waals surface area contributed by atoms with Crippen LogP contribution in [0.15, 0.2) is 24.3 Å². The average molecular weight is 264 g/mol. The van der Waals surface area contributed by atoms with Gasteiger partial charge in [0.05, 0.1) is 6.61 Å². The Balaban J connectivity index is 2.70. The molecule has 0 bridgehead atoms. The summed E-state index contributed by atoms with van der Waals surface area (Å²) in [5.41, 5.74) is 1.99. The molecule has 0 fully saturated rings. The number of hydrogen-bond acceptors (Lipinski definition) is 3. The predicted octanol–water partition coefficient (Wildman–Crippen LogP) is 2.72. The molecule has 2 atom stereocenters. The Bertz CT molecular complexity index is 407. The predicted molar refractivity (Wildman–Crippen MR) is 78.3 cm³/mol. The van der Waals surface area contributed by atoms with Crippen LogP contribution in [0.1, 0.15) is 38.8 Å². The number of ether oxygens (including phenoxy) is 1. The van der Waals surface area contributed by atoms with Crippen LogP contribution in [0.2, 0.25) is 0 Å². The third kappa shape index (κ3) is 5.41. The van der Waals surface area contributed by atoms with Crippen LogP contribution in [0.25, 0.3) is 0 Å². The van der Waals surface area contributed by atoms with Crippen molar-refractivity contribution in [3.8, 4) is 0 Å². The summed E-state index contributed by atoms with van der Waals surface area (Å²) >= 11 is 0. The third-order valence-corrected chi connectivity index (χ3v) is 3.05. The lowest BCUT2D eigenvalue weighted by atomic mass is 10.1. The minimum atomic E-state index is -0.0522. The monoisotopic (exact) mass is 264 g/mol. The SMILES string of the molecule is CCC(COC)NC(C)c1cccc(NC(C)=O)c1. The van der Waals surface area contributed by atoms with Crippen LogP contribution in [-0.4, -0.2) is 25.7 Å². The summed E-state index contributed by atoms with van der Waals surface area (Å²) in [6.07, 6.45) is 1.02. The summed E-state index contributed by atoms with van der Waals surface area (Å²) in [6, 6.07) is 8.46. The number of methoxy groups -OCH3 is 1. The van der Waals surface area contributed by atoms with Gasteiger partial charge < -0.3 is 15.4 Å². The molecule has 1 aromatic rings. The first-order valence-corrected chi connectivity index (χ1v) is 6.69. The molecule has 0 aromatic heterocycles. The molecule has 2 unspecified atom stereocenters. The highest BCUT2D eigenvalue weighted by Gasteiger charge is 2.12. The highest BCUT2D eigenvalue weighted by Crippen LogP contribution is 2.18. The molecule has 0 aliphatic carbocycles. The molecule has 0 radical (unpaired) electrons. The van der Waals surface area contributed by atoms with Crippen molar-refractivity contribution in [3.63, 3.8) is 0 Å². The van der Waals surface area contributed by atoms with E-state index in [4.69, 9.17) is 4.74 Å². The van der Waals surface area contributed by atoms with E-state index in [9.17, 15) is 4.79 Å². The van der Waals surface area contributed by atoms with Gasteiger partial charge in [-0.05, 0) is 31.0 Å². The van der Waals surface area contributed by atoms with Crippen LogP contribution < -0.4 is 10.6 Å². The van der Waals surface area contributed by atoms with Crippen LogP contribution in [0, 0.1) is 0 Å². The van der Waals surface area contributed by atoms with Crippen molar-refractivity contribution >= 4 is 11.6 Å². The summed E-state index contributed by atoms with van der Waals surface area (Å²) in [4.78, 5) is 11.1. The summed E-state index contributed by atoms with van der Waals surface area (Å²) in [5, 5.41) is 6.33.